The molecule has 7 nitrogen and oxygen atoms in total. The summed E-state index contributed by atoms with van der Waals surface area (Å²) in [6.07, 6.45) is 1.22. The second kappa shape index (κ2) is 8.53. The molecule has 0 unspecified atom stereocenters. The van der Waals surface area contributed by atoms with Crippen LogP contribution in [0.15, 0.2) is 33.9 Å². The Bertz CT molecular complexity index is 1180. The first-order valence-corrected chi connectivity index (χ1v) is 10.1. The molecule has 0 spiro atoms. The molecule has 1 aromatic carbocycles. The van der Waals surface area contributed by atoms with Gasteiger partial charge < -0.3 is 9.30 Å². The number of hydrogen-bond acceptors (Lipinski definition) is 4. The second-order valence-corrected chi connectivity index (χ2v) is 7.38. The van der Waals surface area contributed by atoms with Crippen molar-refractivity contribution in [3.8, 4) is 5.69 Å². The predicted octanol–water partition coefficient (Wildman–Crippen LogP) is 2.04. The summed E-state index contributed by atoms with van der Waals surface area (Å²) in [5.74, 6) is -1.39. The molecule has 0 atom stereocenters. The number of hydrogen-bond donors (Lipinski definition) is 1. The number of benzene rings is 1. The van der Waals surface area contributed by atoms with E-state index >= 15 is 0 Å². The van der Waals surface area contributed by atoms with Gasteiger partial charge in [-0.25, -0.2) is 13.5 Å². The topological polar surface area (TPSA) is 72.3 Å². The van der Waals surface area contributed by atoms with Crippen molar-refractivity contribution in [3.63, 3.8) is 0 Å². The van der Waals surface area contributed by atoms with Crippen molar-refractivity contribution in [2.24, 2.45) is 0 Å². The van der Waals surface area contributed by atoms with Crippen molar-refractivity contribution >= 4 is 10.9 Å². The van der Waals surface area contributed by atoms with E-state index < -0.39 is 17.2 Å². The van der Waals surface area contributed by atoms with Gasteiger partial charge in [0.05, 0.1) is 24.1 Å². The van der Waals surface area contributed by atoms with E-state index in [1.807, 2.05) is 6.92 Å². The molecule has 1 aliphatic rings. The molecule has 30 heavy (non-hydrogen) atoms. The summed E-state index contributed by atoms with van der Waals surface area (Å²) in [6, 6.07) is 4.25. The zero-order chi connectivity index (χ0) is 21.3. The number of halogens is 2. The fraction of sp³-hybridized carbons (Fsp3) is 0.429. The van der Waals surface area contributed by atoms with Gasteiger partial charge in [-0.15, -0.1) is 0 Å². The first-order valence-electron chi connectivity index (χ1n) is 10.1. The van der Waals surface area contributed by atoms with Crippen LogP contribution in [0.4, 0.5) is 8.78 Å². The summed E-state index contributed by atoms with van der Waals surface area (Å²) in [5.41, 5.74) is -0.0430. The summed E-state index contributed by atoms with van der Waals surface area (Å²) < 4.78 is 35.8. The van der Waals surface area contributed by atoms with Crippen molar-refractivity contribution < 1.29 is 13.5 Å². The average molecular weight is 418 g/mol. The molecule has 9 heteroatoms. The number of pyridine rings is 1. The van der Waals surface area contributed by atoms with Gasteiger partial charge in [0.2, 0.25) is 0 Å². The van der Waals surface area contributed by atoms with Crippen LogP contribution in [-0.2, 0) is 17.7 Å². The SMILES string of the molecule is CCc1c2c(=O)n(-c3cc(F)ccc3F)[nH]c2cc(=O)n1CCCN1CCOCC1. The van der Waals surface area contributed by atoms with E-state index in [9.17, 15) is 18.4 Å². The normalized spacial score (nSPS) is 15.2. The highest BCUT2D eigenvalue weighted by atomic mass is 19.1. The molecule has 0 radical (unpaired) electrons. The zero-order valence-electron chi connectivity index (χ0n) is 16.8. The number of H-pyrrole nitrogens is 1. The quantitative estimate of drug-likeness (QED) is 0.665. The number of morpholine rings is 1. The van der Waals surface area contributed by atoms with Gasteiger partial charge in [-0.2, -0.15) is 0 Å². The maximum atomic E-state index is 14.2. The van der Waals surface area contributed by atoms with Crippen molar-refractivity contribution in [2.45, 2.75) is 26.3 Å². The first-order chi connectivity index (χ1) is 14.5. The highest BCUT2D eigenvalue weighted by Crippen LogP contribution is 2.18. The number of ether oxygens (including phenoxy) is 1. The van der Waals surface area contributed by atoms with Crippen molar-refractivity contribution in [3.05, 3.63) is 62.3 Å². The largest absolute Gasteiger partial charge is 0.379 e. The molecule has 0 saturated carbocycles. The first kappa shape index (κ1) is 20.5. The lowest BCUT2D eigenvalue weighted by Gasteiger charge is -2.26. The summed E-state index contributed by atoms with van der Waals surface area (Å²) in [6.45, 7) is 6.35. The molecule has 1 fully saturated rings. The van der Waals surface area contributed by atoms with Crippen LogP contribution in [0, 0.1) is 11.6 Å². The molecular weight excluding hydrogens is 394 g/mol. The van der Waals surface area contributed by atoms with E-state index in [4.69, 9.17) is 4.74 Å². The van der Waals surface area contributed by atoms with Gasteiger partial charge in [-0.1, -0.05) is 6.92 Å². The Morgan fingerprint density at radius 2 is 1.87 bits per heavy atom. The summed E-state index contributed by atoms with van der Waals surface area (Å²) in [7, 11) is 0. The van der Waals surface area contributed by atoms with Gasteiger partial charge in [-0.3, -0.25) is 19.6 Å². The molecule has 0 aliphatic carbocycles. The second-order valence-electron chi connectivity index (χ2n) is 7.38. The third kappa shape index (κ3) is 3.82. The Morgan fingerprint density at radius 3 is 2.60 bits per heavy atom. The van der Waals surface area contributed by atoms with E-state index in [1.54, 1.807) is 4.57 Å². The number of nitrogens with one attached hydrogen (secondary N) is 1. The van der Waals surface area contributed by atoms with Crippen LogP contribution in [0.1, 0.15) is 19.0 Å². The fourth-order valence-electron chi connectivity index (χ4n) is 4.02. The van der Waals surface area contributed by atoms with E-state index in [1.165, 1.54) is 6.07 Å². The Labute approximate surface area is 171 Å². The minimum Gasteiger partial charge on any atom is -0.379 e. The monoisotopic (exact) mass is 418 g/mol. The van der Waals surface area contributed by atoms with E-state index in [0.29, 0.717) is 42.8 Å². The van der Waals surface area contributed by atoms with Gasteiger partial charge in [-0.05, 0) is 25.0 Å². The van der Waals surface area contributed by atoms with E-state index in [2.05, 4.69) is 10.00 Å². The molecule has 1 aliphatic heterocycles. The van der Waals surface area contributed by atoms with Crippen LogP contribution < -0.4 is 11.1 Å². The maximum absolute atomic E-state index is 14.2. The van der Waals surface area contributed by atoms with Crippen LogP contribution in [0.5, 0.6) is 0 Å². The smallest absolute Gasteiger partial charge is 0.280 e. The molecular formula is C21H24F2N4O3. The Kier molecular flexibility index (Phi) is 5.83. The van der Waals surface area contributed by atoms with Gasteiger partial charge in [0.1, 0.15) is 17.3 Å². The molecule has 1 N–H and O–H groups in total. The molecule has 160 valence electrons. The molecule has 4 rings (SSSR count). The minimum atomic E-state index is -0.733. The number of aromatic nitrogens is 3. The minimum absolute atomic E-state index is 0.218. The van der Waals surface area contributed by atoms with Crippen LogP contribution >= 0.6 is 0 Å². The maximum Gasteiger partial charge on any atom is 0.280 e. The van der Waals surface area contributed by atoms with Crippen molar-refractivity contribution in [1.82, 2.24) is 19.2 Å². The number of nitrogens with zero attached hydrogens (tertiary/aromatic N) is 3. The van der Waals surface area contributed by atoms with Crippen LogP contribution in [0.25, 0.3) is 16.6 Å². The van der Waals surface area contributed by atoms with Gasteiger partial charge in [0.25, 0.3) is 11.1 Å². The average Bonchev–Trinajstić information content (AvgIpc) is 3.06. The van der Waals surface area contributed by atoms with Gasteiger partial charge in [0, 0.05) is 44.0 Å². The standard InChI is InChI=1S/C21H24F2N4O3/c1-2-17-20-16(24-27(21(20)29)18-12-14(22)4-5-15(18)23)13-19(28)26(17)7-3-6-25-8-10-30-11-9-25/h4-5,12-13,24H,2-3,6-11H2,1H3. The lowest BCUT2D eigenvalue weighted by atomic mass is 10.2. The molecule has 3 heterocycles. The number of aryl methyl sites for hydroxylation is 1. The zero-order valence-corrected chi connectivity index (χ0v) is 16.8. The Balaban J connectivity index is 1.71. The van der Waals surface area contributed by atoms with Gasteiger partial charge >= 0.3 is 0 Å². The number of fused-ring (bicyclic) bond motifs is 1. The van der Waals surface area contributed by atoms with Crippen molar-refractivity contribution in [2.75, 3.05) is 32.8 Å². The molecule has 2 aromatic heterocycles. The number of aromatic amines is 1. The number of rotatable bonds is 6. The summed E-state index contributed by atoms with van der Waals surface area (Å²) in [4.78, 5) is 28.1. The predicted molar refractivity (Wildman–Crippen MR) is 109 cm³/mol. The molecule has 3 aromatic rings. The highest BCUT2D eigenvalue weighted by Gasteiger charge is 2.19. The molecule has 0 amide bonds. The highest BCUT2D eigenvalue weighted by molar-refractivity contribution is 5.80. The molecule has 0 bridgehead atoms. The van der Waals surface area contributed by atoms with Gasteiger partial charge in [0.15, 0.2) is 0 Å². The lowest BCUT2D eigenvalue weighted by Crippen LogP contribution is -2.37. The third-order valence-corrected chi connectivity index (χ3v) is 5.51. The third-order valence-electron chi connectivity index (χ3n) is 5.51. The Morgan fingerprint density at radius 1 is 1.10 bits per heavy atom. The summed E-state index contributed by atoms with van der Waals surface area (Å²) in [5, 5.41) is 3.09. The Hall–Kier alpha value is -2.78. The van der Waals surface area contributed by atoms with E-state index in [-0.39, 0.29) is 11.2 Å². The van der Waals surface area contributed by atoms with E-state index in [0.717, 1.165) is 48.9 Å². The fourth-order valence-corrected chi connectivity index (χ4v) is 4.02. The van der Waals surface area contributed by atoms with Crippen molar-refractivity contribution in [1.29, 1.82) is 0 Å². The van der Waals surface area contributed by atoms with Crippen LogP contribution in [-0.4, -0.2) is 52.1 Å². The lowest BCUT2D eigenvalue weighted by molar-refractivity contribution is 0.0369. The molecule has 1 saturated heterocycles. The van der Waals surface area contributed by atoms with Crippen LogP contribution in [0.3, 0.4) is 0 Å². The summed E-state index contributed by atoms with van der Waals surface area (Å²) >= 11 is 0. The van der Waals surface area contributed by atoms with Crippen LogP contribution in [0.2, 0.25) is 0 Å².